The second-order valence-corrected chi connectivity index (χ2v) is 9.55. The van der Waals surface area contributed by atoms with Gasteiger partial charge >= 0.3 is 5.97 Å². The molecule has 0 saturated heterocycles. The van der Waals surface area contributed by atoms with E-state index in [2.05, 4.69) is 66.1 Å². The highest BCUT2D eigenvalue weighted by Gasteiger charge is 2.16. The molecule has 0 aliphatic heterocycles. The first-order chi connectivity index (χ1) is 13.7. The number of benzene rings is 1. The number of rotatable bonds is 6. The van der Waals surface area contributed by atoms with Crippen molar-refractivity contribution in [3.63, 3.8) is 0 Å². The van der Waals surface area contributed by atoms with Gasteiger partial charge < -0.3 is 4.74 Å². The van der Waals surface area contributed by atoms with E-state index in [1.807, 2.05) is 17.4 Å². The van der Waals surface area contributed by atoms with E-state index < -0.39 is 0 Å². The van der Waals surface area contributed by atoms with E-state index >= 15 is 0 Å². The lowest BCUT2D eigenvalue weighted by Gasteiger charge is -1.94. The first-order valence-electron chi connectivity index (χ1n) is 9.03. The monoisotopic (exact) mass is 426 g/mol. The predicted molar refractivity (Wildman–Crippen MR) is 120 cm³/mol. The summed E-state index contributed by atoms with van der Waals surface area (Å²) in [4.78, 5) is 16.1. The lowest BCUT2D eigenvalue weighted by Crippen LogP contribution is -2.33. The Hall–Kier alpha value is -2.28. The highest BCUT2D eigenvalue weighted by molar-refractivity contribution is 7.22. The van der Waals surface area contributed by atoms with Crippen LogP contribution < -0.4 is 4.57 Å². The van der Waals surface area contributed by atoms with Crippen LogP contribution in [0.25, 0.3) is 32.1 Å². The van der Waals surface area contributed by atoms with Crippen LogP contribution in [-0.2, 0) is 22.5 Å². The topological polar surface area (TPSA) is 30.2 Å². The van der Waals surface area contributed by atoms with E-state index in [0.717, 1.165) is 11.4 Å². The number of fused-ring (bicyclic) bond motifs is 1. The number of methoxy groups -OCH3 is 1. The van der Waals surface area contributed by atoms with Crippen molar-refractivity contribution in [3.05, 3.63) is 63.3 Å². The number of esters is 1. The second kappa shape index (κ2) is 8.39. The minimum atomic E-state index is -0.198. The van der Waals surface area contributed by atoms with Gasteiger partial charge in [-0.25, -0.2) is 0 Å². The lowest BCUT2D eigenvalue weighted by molar-refractivity contribution is -0.665. The molecule has 28 heavy (non-hydrogen) atoms. The highest BCUT2D eigenvalue weighted by Crippen LogP contribution is 2.34. The molecular weight excluding hydrogens is 406 g/mol. The van der Waals surface area contributed by atoms with Gasteiger partial charge in [-0.15, -0.1) is 22.7 Å². The molecule has 142 valence electrons. The molecule has 0 amide bonds. The molecule has 0 radical (unpaired) electrons. The molecule has 3 nitrogen and oxygen atoms in total. The molecule has 4 aromatic rings. The number of carbonyl (C=O) groups is 1. The van der Waals surface area contributed by atoms with Gasteiger partial charge in [0.1, 0.15) is 11.2 Å². The van der Waals surface area contributed by atoms with Crippen LogP contribution in [0.3, 0.4) is 0 Å². The summed E-state index contributed by atoms with van der Waals surface area (Å²) in [6, 6.07) is 16.9. The maximum absolute atomic E-state index is 11.4. The maximum atomic E-state index is 11.4. The SMILES string of the molecule is CC[n+]1c(/C=C/c2ccc(-c3ccc(CC(=O)OC)s3)s2)sc2ccccc21. The Morgan fingerprint density at radius 1 is 1.00 bits per heavy atom. The summed E-state index contributed by atoms with van der Waals surface area (Å²) in [5.41, 5.74) is 1.29. The first kappa shape index (κ1) is 19.1. The van der Waals surface area contributed by atoms with E-state index in [-0.39, 0.29) is 5.97 Å². The van der Waals surface area contributed by atoms with Gasteiger partial charge in [-0.05, 0) is 43.3 Å². The Morgan fingerprint density at radius 2 is 1.79 bits per heavy atom. The summed E-state index contributed by atoms with van der Waals surface area (Å²) in [7, 11) is 1.42. The van der Waals surface area contributed by atoms with Crippen LogP contribution in [0.5, 0.6) is 0 Å². The molecule has 4 rings (SSSR count). The fraction of sp³-hybridized carbons (Fsp3) is 0.182. The quantitative estimate of drug-likeness (QED) is 0.284. The lowest BCUT2D eigenvalue weighted by atomic mass is 10.3. The smallest absolute Gasteiger partial charge is 0.310 e. The van der Waals surface area contributed by atoms with Crippen molar-refractivity contribution in [2.24, 2.45) is 0 Å². The largest absolute Gasteiger partial charge is 0.469 e. The van der Waals surface area contributed by atoms with Crippen molar-refractivity contribution < 1.29 is 14.1 Å². The van der Waals surface area contributed by atoms with E-state index in [4.69, 9.17) is 4.74 Å². The minimum Gasteiger partial charge on any atom is -0.469 e. The average Bonchev–Trinajstić information content (AvgIpc) is 3.43. The third-order valence-electron chi connectivity index (χ3n) is 4.42. The number of ether oxygens (including phenoxy) is 1. The average molecular weight is 427 g/mol. The number of aryl methyl sites for hydroxylation is 1. The number of thiophene rings is 2. The van der Waals surface area contributed by atoms with E-state index in [1.165, 1.54) is 37.0 Å². The van der Waals surface area contributed by atoms with Gasteiger partial charge in [-0.1, -0.05) is 23.5 Å². The molecule has 0 fully saturated rings. The molecular formula is C22H20NO2S3+. The van der Waals surface area contributed by atoms with Gasteiger partial charge in [-0.3, -0.25) is 4.79 Å². The molecule has 0 N–H and O–H groups in total. The number of aromatic nitrogens is 1. The van der Waals surface area contributed by atoms with Crippen LogP contribution in [-0.4, -0.2) is 13.1 Å². The van der Waals surface area contributed by atoms with Crippen LogP contribution in [0.1, 0.15) is 21.7 Å². The van der Waals surface area contributed by atoms with Crippen LogP contribution in [0.2, 0.25) is 0 Å². The number of para-hydroxylation sites is 1. The van der Waals surface area contributed by atoms with Gasteiger partial charge in [0.05, 0.1) is 13.5 Å². The standard InChI is InChI=1S/C22H20NO2S3/c1-3-23-17-6-4-5-7-18(17)28-21(23)13-10-15-8-11-19(26-15)20-12-9-16(27-20)14-22(24)25-2/h4-13H,3,14H2,1-2H3/q+1/b13-10+. The number of nitrogens with zero attached hydrogens (tertiary/aromatic N) is 1. The Bertz CT molecular complexity index is 1150. The molecule has 3 aromatic heterocycles. The zero-order valence-electron chi connectivity index (χ0n) is 15.7. The molecule has 0 spiro atoms. The molecule has 6 heteroatoms. The molecule has 0 saturated carbocycles. The summed E-state index contributed by atoms with van der Waals surface area (Å²) < 4.78 is 8.41. The molecule has 3 heterocycles. The van der Waals surface area contributed by atoms with Crippen molar-refractivity contribution in [1.29, 1.82) is 0 Å². The van der Waals surface area contributed by atoms with E-state index in [9.17, 15) is 4.79 Å². The number of hydrogen-bond acceptors (Lipinski definition) is 5. The third-order valence-corrected chi connectivity index (χ3v) is 7.88. The molecule has 1 aromatic carbocycles. The highest BCUT2D eigenvalue weighted by atomic mass is 32.1. The van der Waals surface area contributed by atoms with Gasteiger partial charge in [0.15, 0.2) is 0 Å². The minimum absolute atomic E-state index is 0.198. The number of hydrogen-bond donors (Lipinski definition) is 0. The summed E-state index contributed by atoms with van der Waals surface area (Å²) in [5, 5.41) is 1.26. The van der Waals surface area contributed by atoms with E-state index in [0.29, 0.717) is 6.42 Å². The summed E-state index contributed by atoms with van der Waals surface area (Å²) in [6.07, 6.45) is 4.73. The normalized spacial score (nSPS) is 11.5. The van der Waals surface area contributed by atoms with Crippen molar-refractivity contribution in [2.75, 3.05) is 7.11 Å². The van der Waals surface area contributed by atoms with Gasteiger partial charge in [0.2, 0.25) is 5.52 Å². The number of thiazole rings is 1. The van der Waals surface area contributed by atoms with Crippen molar-refractivity contribution >= 4 is 62.3 Å². The predicted octanol–water partition coefficient (Wildman–Crippen LogP) is 5.88. The van der Waals surface area contributed by atoms with E-state index in [1.54, 1.807) is 22.7 Å². The Kier molecular flexibility index (Phi) is 5.71. The summed E-state index contributed by atoms with van der Waals surface area (Å²) >= 11 is 5.24. The Morgan fingerprint density at radius 3 is 2.61 bits per heavy atom. The molecule has 0 unspecified atom stereocenters. The molecule has 0 bridgehead atoms. The fourth-order valence-corrected chi connectivity index (χ4v) is 6.17. The summed E-state index contributed by atoms with van der Waals surface area (Å²) in [5.74, 6) is -0.198. The Labute approximate surface area is 176 Å². The second-order valence-electron chi connectivity index (χ2n) is 6.21. The van der Waals surface area contributed by atoms with Gasteiger partial charge in [0, 0.05) is 31.7 Å². The van der Waals surface area contributed by atoms with Crippen LogP contribution in [0.4, 0.5) is 0 Å². The van der Waals surface area contributed by atoms with Gasteiger partial charge in [-0.2, -0.15) is 4.57 Å². The zero-order valence-corrected chi connectivity index (χ0v) is 18.1. The molecule has 0 aliphatic rings. The van der Waals surface area contributed by atoms with Crippen LogP contribution >= 0.6 is 34.0 Å². The fourth-order valence-electron chi connectivity index (χ4n) is 3.05. The number of carbonyl (C=O) groups excluding carboxylic acids is 1. The third kappa shape index (κ3) is 3.94. The zero-order chi connectivity index (χ0) is 19.5. The van der Waals surface area contributed by atoms with Gasteiger partial charge in [0.25, 0.3) is 5.01 Å². The maximum Gasteiger partial charge on any atom is 0.310 e. The van der Waals surface area contributed by atoms with Crippen molar-refractivity contribution in [2.45, 2.75) is 19.9 Å². The van der Waals surface area contributed by atoms with Crippen molar-refractivity contribution in [1.82, 2.24) is 0 Å². The molecule has 0 aliphatic carbocycles. The van der Waals surface area contributed by atoms with Crippen LogP contribution in [0.15, 0.2) is 48.5 Å². The summed E-state index contributed by atoms with van der Waals surface area (Å²) in [6.45, 7) is 3.14. The Balaban J connectivity index is 1.55. The first-order valence-corrected chi connectivity index (χ1v) is 11.5. The van der Waals surface area contributed by atoms with Crippen molar-refractivity contribution in [3.8, 4) is 9.75 Å². The van der Waals surface area contributed by atoms with Crippen LogP contribution in [0, 0.1) is 0 Å². The molecule has 0 atom stereocenters.